The Bertz CT molecular complexity index is 795. The number of hydrogen-bond acceptors (Lipinski definition) is 2. The van der Waals surface area contributed by atoms with Crippen LogP contribution in [0.1, 0.15) is 58.3 Å². The monoisotopic (exact) mass is 385 g/mol. The molecular weight excluding hydrogens is 354 g/mol. The van der Waals surface area contributed by atoms with Crippen molar-refractivity contribution in [2.24, 2.45) is 0 Å². The Labute approximate surface area is 166 Å². The number of aromatic amines is 1. The van der Waals surface area contributed by atoms with Gasteiger partial charge in [-0.15, -0.1) is 0 Å². The Morgan fingerprint density at radius 3 is 2.68 bits per heavy atom. The van der Waals surface area contributed by atoms with E-state index < -0.39 is 0 Å². The van der Waals surface area contributed by atoms with Crippen LogP contribution in [0.4, 0.5) is 21.0 Å². The number of hydrogen-bond donors (Lipinski definition) is 5. The van der Waals surface area contributed by atoms with Gasteiger partial charge in [0.05, 0.1) is 5.69 Å². The van der Waals surface area contributed by atoms with Crippen LogP contribution in [-0.4, -0.2) is 29.6 Å². The summed E-state index contributed by atoms with van der Waals surface area (Å²) in [6.07, 6.45) is 10.7. The SMILES string of the molecule is CCCCCNC(=O)Nc1ccc2c(NC(=O)NC3CCCCC3)c[nH]c2c1. The Hall–Kier alpha value is -2.70. The molecule has 1 aliphatic carbocycles. The van der Waals surface area contributed by atoms with Crippen LogP contribution in [0, 0.1) is 0 Å². The molecule has 1 aromatic carbocycles. The second-order valence-corrected chi connectivity index (χ2v) is 7.48. The van der Waals surface area contributed by atoms with Gasteiger partial charge in [0.1, 0.15) is 0 Å². The molecule has 1 heterocycles. The van der Waals surface area contributed by atoms with Crippen LogP contribution in [0.2, 0.25) is 0 Å². The van der Waals surface area contributed by atoms with E-state index in [0.717, 1.165) is 48.7 Å². The molecule has 7 nitrogen and oxygen atoms in total. The number of amides is 4. The quantitative estimate of drug-likeness (QED) is 0.437. The van der Waals surface area contributed by atoms with Crippen molar-refractivity contribution in [3.8, 4) is 0 Å². The number of rotatable bonds is 7. The van der Waals surface area contributed by atoms with Crippen molar-refractivity contribution in [2.75, 3.05) is 17.2 Å². The van der Waals surface area contributed by atoms with E-state index in [4.69, 9.17) is 0 Å². The lowest BCUT2D eigenvalue weighted by molar-refractivity contribution is 0.244. The fourth-order valence-electron chi connectivity index (χ4n) is 3.65. The molecule has 3 rings (SSSR count). The van der Waals surface area contributed by atoms with Crippen LogP contribution in [0.5, 0.6) is 0 Å². The lowest BCUT2D eigenvalue weighted by Crippen LogP contribution is -2.38. The van der Waals surface area contributed by atoms with Crippen molar-refractivity contribution in [3.05, 3.63) is 24.4 Å². The van der Waals surface area contributed by atoms with E-state index in [9.17, 15) is 9.59 Å². The minimum absolute atomic E-state index is 0.165. The highest BCUT2D eigenvalue weighted by atomic mass is 16.2. The molecule has 7 heteroatoms. The number of carbonyl (C=O) groups excluding carboxylic acids is 2. The van der Waals surface area contributed by atoms with E-state index in [1.165, 1.54) is 19.3 Å². The zero-order chi connectivity index (χ0) is 19.8. The summed E-state index contributed by atoms with van der Waals surface area (Å²) in [5.74, 6) is 0. The van der Waals surface area contributed by atoms with Crippen molar-refractivity contribution in [2.45, 2.75) is 64.3 Å². The molecule has 0 unspecified atom stereocenters. The van der Waals surface area contributed by atoms with Gasteiger partial charge in [0, 0.05) is 35.4 Å². The molecule has 0 atom stereocenters. The fourth-order valence-corrected chi connectivity index (χ4v) is 3.65. The third kappa shape index (κ3) is 5.65. The van der Waals surface area contributed by atoms with Crippen molar-refractivity contribution in [1.82, 2.24) is 15.6 Å². The van der Waals surface area contributed by atoms with Crippen molar-refractivity contribution in [3.63, 3.8) is 0 Å². The Kier molecular flexibility index (Phi) is 7.17. The number of carbonyl (C=O) groups is 2. The maximum atomic E-state index is 12.3. The van der Waals surface area contributed by atoms with Gasteiger partial charge in [-0.25, -0.2) is 9.59 Å². The minimum atomic E-state index is -0.202. The number of fused-ring (bicyclic) bond motifs is 1. The van der Waals surface area contributed by atoms with Crippen molar-refractivity contribution in [1.29, 1.82) is 0 Å². The average Bonchev–Trinajstić information content (AvgIpc) is 3.08. The number of anilines is 2. The average molecular weight is 386 g/mol. The van der Waals surface area contributed by atoms with Gasteiger partial charge in [0.15, 0.2) is 0 Å². The number of aromatic nitrogens is 1. The first-order valence-corrected chi connectivity index (χ1v) is 10.4. The molecule has 4 amide bonds. The number of benzene rings is 1. The maximum Gasteiger partial charge on any atom is 0.319 e. The predicted octanol–water partition coefficient (Wildman–Crippen LogP) is 4.93. The first-order chi connectivity index (χ1) is 13.7. The third-order valence-corrected chi connectivity index (χ3v) is 5.19. The summed E-state index contributed by atoms with van der Waals surface area (Å²) in [5, 5.41) is 12.6. The second kappa shape index (κ2) is 10.0. The Morgan fingerprint density at radius 1 is 1.07 bits per heavy atom. The zero-order valence-electron chi connectivity index (χ0n) is 16.6. The molecule has 0 bridgehead atoms. The highest BCUT2D eigenvalue weighted by Crippen LogP contribution is 2.26. The summed E-state index contributed by atoms with van der Waals surface area (Å²) < 4.78 is 0. The van der Waals surface area contributed by atoms with Gasteiger partial charge in [0.25, 0.3) is 0 Å². The normalized spacial score (nSPS) is 14.6. The van der Waals surface area contributed by atoms with Crippen LogP contribution in [-0.2, 0) is 0 Å². The molecule has 0 radical (unpaired) electrons. The second-order valence-electron chi connectivity index (χ2n) is 7.48. The van der Waals surface area contributed by atoms with Crippen LogP contribution in [0.25, 0.3) is 10.9 Å². The van der Waals surface area contributed by atoms with E-state index in [1.807, 2.05) is 18.2 Å². The van der Waals surface area contributed by atoms with E-state index in [-0.39, 0.29) is 18.1 Å². The highest BCUT2D eigenvalue weighted by Gasteiger charge is 2.16. The number of urea groups is 2. The summed E-state index contributed by atoms with van der Waals surface area (Å²) in [6.45, 7) is 2.81. The number of nitrogens with one attached hydrogen (secondary N) is 5. The molecule has 152 valence electrons. The molecule has 0 aliphatic heterocycles. The summed E-state index contributed by atoms with van der Waals surface area (Å²) in [7, 11) is 0. The standard InChI is InChI=1S/C21H31N5O2/c1-2-3-7-12-22-20(27)25-16-10-11-17-18(13-16)23-14-19(17)26-21(28)24-15-8-5-4-6-9-15/h10-11,13-15,23H,2-9,12H2,1H3,(H2,22,25,27)(H2,24,26,28). The Balaban J connectivity index is 1.54. The van der Waals surface area contributed by atoms with Crippen molar-refractivity contribution >= 4 is 34.3 Å². The van der Waals surface area contributed by atoms with Crippen LogP contribution >= 0.6 is 0 Å². The molecular formula is C21H31N5O2. The minimum Gasteiger partial charge on any atom is -0.359 e. The third-order valence-electron chi connectivity index (χ3n) is 5.19. The van der Waals surface area contributed by atoms with Gasteiger partial charge in [-0.2, -0.15) is 0 Å². The van der Waals surface area contributed by atoms with Gasteiger partial charge >= 0.3 is 12.1 Å². The van der Waals surface area contributed by atoms with Crippen molar-refractivity contribution < 1.29 is 9.59 Å². The smallest absolute Gasteiger partial charge is 0.319 e. The maximum absolute atomic E-state index is 12.3. The zero-order valence-corrected chi connectivity index (χ0v) is 16.6. The first kappa shape index (κ1) is 20.0. The lowest BCUT2D eigenvalue weighted by Gasteiger charge is -2.22. The molecule has 28 heavy (non-hydrogen) atoms. The number of H-pyrrole nitrogens is 1. The van der Waals surface area contributed by atoms with Gasteiger partial charge in [-0.1, -0.05) is 39.0 Å². The van der Waals surface area contributed by atoms with Gasteiger partial charge in [-0.3, -0.25) is 0 Å². The summed E-state index contributed by atoms with van der Waals surface area (Å²) in [6, 6.07) is 5.51. The van der Waals surface area contributed by atoms with Gasteiger partial charge < -0.3 is 26.3 Å². The molecule has 1 saturated carbocycles. The molecule has 1 aliphatic rings. The molecule has 1 fully saturated rings. The predicted molar refractivity (Wildman–Crippen MR) is 114 cm³/mol. The first-order valence-electron chi connectivity index (χ1n) is 10.4. The summed E-state index contributed by atoms with van der Waals surface area (Å²) >= 11 is 0. The van der Waals surface area contributed by atoms with Crippen LogP contribution < -0.4 is 21.3 Å². The fraction of sp³-hybridized carbons (Fsp3) is 0.524. The molecule has 1 aromatic heterocycles. The summed E-state index contributed by atoms with van der Waals surface area (Å²) in [4.78, 5) is 27.4. The molecule has 0 spiro atoms. The summed E-state index contributed by atoms with van der Waals surface area (Å²) in [5.41, 5.74) is 2.30. The van der Waals surface area contributed by atoms with E-state index >= 15 is 0 Å². The van der Waals surface area contributed by atoms with Crippen LogP contribution in [0.15, 0.2) is 24.4 Å². The highest BCUT2D eigenvalue weighted by molar-refractivity contribution is 6.02. The number of unbranched alkanes of at least 4 members (excludes halogenated alkanes) is 2. The van der Waals surface area contributed by atoms with E-state index in [0.29, 0.717) is 12.2 Å². The Morgan fingerprint density at radius 2 is 1.89 bits per heavy atom. The largest absolute Gasteiger partial charge is 0.359 e. The van der Waals surface area contributed by atoms with E-state index in [1.54, 1.807) is 6.20 Å². The topological polar surface area (TPSA) is 98.1 Å². The van der Waals surface area contributed by atoms with Gasteiger partial charge in [-0.05, 0) is 37.5 Å². The van der Waals surface area contributed by atoms with Crippen LogP contribution in [0.3, 0.4) is 0 Å². The molecule has 0 saturated heterocycles. The van der Waals surface area contributed by atoms with Gasteiger partial charge in [0.2, 0.25) is 0 Å². The molecule has 5 N–H and O–H groups in total. The van der Waals surface area contributed by atoms with E-state index in [2.05, 4.69) is 33.2 Å². The molecule has 2 aromatic rings. The lowest BCUT2D eigenvalue weighted by atomic mass is 9.96.